The molecule has 0 unspecified atom stereocenters. The Balaban J connectivity index is 1.43. The van der Waals surface area contributed by atoms with Crippen molar-refractivity contribution in [1.29, 1.82) is 0 Å². The summed E-state index contributed by atoms with van der Waals surface area (Å²) in [5.74, 6) is 0. The van der Waals surface area contributed by atoms with Crippen LogP contribution in [0.2, 0.25) is 0 Å². The normalized spacial score (nSPS) is 28.4. The molecule has 7 nitrogen and oxygen atoms in total. The maximum absolute atomic E-state index is 12.4. The summed E-state index contributed by atoms with van der Waals surface area (Å²) in [4.78, 5) is 16.9. The van der Waals surface area contributed by atoms with Crippen LogP contribution in [0.4, 0.5) is 4.79 Å². The Labute approximate surface area is 139 Å². The summed E-state index contributed by atoms with van der Waals surface area (Å²) in [6, 6.07) is 0.631. The number of carbonyl (C=O) groups excluding carboxylic acids is 1. The van der Waals surface area contributed by atoms with E-state index in [0.717, 1.165) is 19.5 Å². The van der Waals surface area contributed by atoms with Crippen LogP contribution in [0, 0.1) is 0 Å². The second-order valence-electron chi connectivity index (χ2n) is 7.02. The first kappa shape index (κ1) is 17.0. The molecule has 8 heteroatoms. The van der Waals surface area contributed by atoms with E-state index in [4.69, 9.17) is 0 Å². The molecular formula is C15H28N4O3S. The summed E-state index contributed by atoms with van der Waals surface area (Å²) in [5.41, 5.74) is 0. The molecule has 0 radical (unpaired) electrons. The van der Waals surface area contributed by atoms with Gasteiger partial charge in [-0.05, 0) is 45.2 Å². The molecule has 1 atom stereocenters. The van der Waals surface area contributed by atoms with Crippen LogP contribution in [0.15, 0.2) is 0 Å². The van der Waals surface area contributed by atoms with Crippen LogP contribution in [0.25, 0.3) is 0 Å². The van der Waals surface area contributed by atoms with Gasteiger partial charge in [0.25, 0.3) is 0 Å². The minimum atomic E-state index is -3.11. The van der Waals surface area contributed by atoms with Gasteiger partial charge in [0.2, 0.25) is 10.0 Å². The first-order valence-corrected chi connectivity index (χ1v) is 10.5. The first-order chi connectivity index (χ1) is 10.9. The van der Waals surface area contributed by atoms with Gasteiger partial charge >= 0.3 is 6.03 Å². The van der Waals surface area contributed by atoms with Gasteiger partial charge in [-0.1, -0.05) is 0 Å². The zero-order valence-electron chi connectivity index (χ0n) is 13.9. The fourth-order valence-corrected chi connectivity index (χ4v) is 4.80. The highest BCUT2D eigenvalue weighted by molar-refractivity contribution is 7.88. The van der Waals surface area contributed by atoms with E-state index in [1.165, 1.54) is 36.5 Å². The Hall–Kier alpha value is -0.860. The van der Waals surface area contributed by atoms with Gasteiger partial charge in [-0.25, -0.2) is 17.5 Å². The number of nitrogens with zero attached hydrogens (tertiary/aromatic N) is 3. The molecule has 132 valence electrons. The zero-order valence-corrected chi connectivity index (χ0v) is 14.7. The first-order valence-electron chi connectivity index (χ1n) is 8.68. The van der Waals surface area contributed by atoms with Crippen LogP contribution in [-0.4, -0.2) is 86.2 Å². The van der Waals surface area contributed by atoms with Crippen LogP contribution in [-0.2, 0) is 10.0 Å². The van der Waals surface area contributed by atoms with Crippen molar-refractivity contribution in [1.82, 2.24) is 19.4 Å². The van der Waals surface area contributed by atoms with Crippen molar-refractivity contribution in [2.75, 3.05) is 45.5 Å². The average Bonchev–Trinajstić information content (AvgIpc) is 3.18. The monoisotopic (exact) mass is 344 g/mol. The minimum absolute atomic E-state index is 0.0181. The number of amides is 2. The van der Waals surface area contributed by atoms with E-state index in [1.807, 2.05) is 4.90 Å². The van der Waals surface area contributed by atoms with E-state index in [9.17, 15) is 13.2 Å². The van der Waals surface area contributed by atoms with Crippen LogP contribution in [0.3, 0.4) is 0 Å². The molecule has 3 saturated heterocycles. The predicted octanol–water partition coefficient (Wildman–Crippen LogP) is 0.290. The van der Waals surface area contributed by atoms with Crippen molar-refractivity contribution >= 4 is 16.1 Å². The number of urea groups is 1. The molecule has 0 saturated carbocycles. The molecule has 0 aromatic heterocycles. The van der Waals surface area contributed by atoms with Gasteiger partial charge in [-0.2, -0.15) is 0 Å². The van der Waals surface area contributed by atoms with Crippen molar-refractivity contribution in [3.05, 3.63) is 0 Å². The molecule has 1 N–H and O–H groups in total. The maximum atomic E-state index is 12.4. The molecule has 0 aromatic rings. The lowest BCUT2D eigenvalue weighted by atomic mass is 10.1. The molecule has 23 heavy (non-hydrogen) atoms. The van der Waals surface area contributed by atoms with Gasteiger partial charge in [0.15, 0.2) is 0 Å². The number of hydrogen-bond donors (Lipinski definition) is 1. The van der Waals surface area contributed by atoms with E-state index >= 15 is 0 Å². The molecule has 3 fully saturated rings. The number of nitrogens with one attached hydrogen (secondary N) is 1. The second-order valence-corrected chi connectivity index (χ2v) is 9.00. The molecule has 3 heterocycles. The van der Waals surface area contributed by atoms with Crippen LogP contribution in [0.5, 0.6) is 0 Å². The van der Waals surface area contributed by atoms with Crippen molar-refractivity contribution in [3.8, 4) is 0 Å². The fraction of sp³-hybridized carbons (Fsp3) is 0.933. The van der Waals surface area contributed by atoms with Gasteiger partial charge < -0.3 is 10.2 Å². The van der Waals surface area contributed by atoms with Crippen molar-refractivity contribution < 1.29 is 13.2 Å². The zero-order chi connectivity index (χ0) is 16.4. The van der Waals surface area contributed by atoms with Gasteiger partial charge in [0, 0.05) is 38.3 Å². The van der Waals surface area contributed by atoms with E-state index in [2.05, 4.69) is 10.2 Å². The molecule has 0 spiro atoms. The Bertz CT molecular complexity index is 525. The lowest BCUT2D eigenvalue weighted by molar-refractivity contribution is 0.189. The van der Waals surface area contributed by atoms with Crippen LogP contribution < -0.4 is 5.32 Å². The summed E-state index contributed by atoms with van der Waals surface area (Å²) >= 11 is 0. The molecule has 0 aromatic carbocycles. The Morgan fingerprint density at radius 1 is 1.00 bits per heavy atom. The number of carbonyl (C=O) groups is 1. The Morgan fingerprint density at radius 3 is 2.26 bits per heavy atom. The number of piperidine rings is 1. The quantitative estimate of drug-likeness (QED) is 0.799. The van der Waals surface area contributed by atoms with E-state index in [-0.39, 0.29) is 12.1 Å². The molecule has 3 aliphatic rings. The molecule has 3 aliphatic heterocycles. The van der Waals surface area contributed by atoms with Crippen LogP contribution >= 0.6 is 0 Å². The van der Waals surface area contributed by atoms with Gasteiger partial charge in [0.1, 0.15) is 0 Å². The molecule has 0 bridgehead atoms. The fourth-order valence-electron chi connectivity index (χ4n) is 3.93. The average molecular weight is 344 g/mol. The number of likely N-dealkylation sites (tertiary alicyclic amines) is 2. The van der Waals surface area contributed by atoms with E-state index in [0.29, 0.717) is 32.0 Å². The standard InChI is InChI=1S/C15H28N4O3S/c1-23(21,22)19-10-4-13(5-11-19)16-15(20)18-9-6-14(12-18)17-7-2-3-8-17/h13-14H,2-12H2,1H3,(H,16,20)/t14-/m0/s1. The summed E-state index contributed by atoms with van der Waals surface area (Å²) in [7, 11) is -3.11. The van der Waals surface area contributed by atoms with Crippen molar-refractivity contribution in [2.24, 2.45) is 0 Å². The third kappa shape index (κ3) is 4.16. The SMILES string of the molecule is CS(=O)(=O)N1CCC(NC(=O)N2CC[C@H](N3CCCC3)C2)CC1. The minimum Gasteiger partial charge on any atom is -0.335 e. The topological polar surface area (TPSA) is 73.0 Å². The third-order valence-corrected chi connectivity index (χ3v) is 6.66. The third-order valence-electron chi connectivity index (χ3n) is 5.36. The van der Waals surface area contributed by atoms with Crippen molar-refractivity contribution in [3.63, 3.8) is 0 Å². The van der Waals surface area contributed by atoms with Crippen LogP contribution in [0.1, 0.15) is 32.1 Å². The van der Waals surface area contributed by atoms with E-state index in [1.54, 1.807) is 0 Å². The number of sulfonamides is 1. The molecule has 0 aliphatic carbocycles. The lowest BCUT2D eigenvalue weighted by Gasteiger charge is -2.32. The Kier molecular flexibility index (Phi) is 5.13. The van der Waals surface area contributed by atoms with Gasteiger partial charge in [-0.15, -0.1) is 0 Å². The summed E-state index contributed by atoms with van der Waals surface area (Å²) < 4.78 is 24.5. The van der Waals surface area contributed by atoms with Crippen molar-refractivity contribution in [2.45, 2.75) is 44.2 Å². The number of rotatable bonds is 3. The highest BCUT2D eigenvalue weighted by Crippen LogP contribution is 2.21. The second kappa shape index (κ2) is 6.94. The smallest absolute Gasteiger partial charge is 0.317 e. The largest absolute Gasteiger partial charge is 0.335 e. The highest BCUT2D eigenvalue weighted by atomic mass is 32.2. The Morgan fingerprint density at radius 2 is 1.65 bits per heavy atom. The maximum Gasteiger partial charge on any atom is 0.317 e. The molecule has 2 amide bonds. The lowest BCUT2D eigenvalue weighted by Crippen LogP contribution is -2.50. The van der Waals surface area contributed by atoms with Gasteiger partial charge in [-0.3, -0.25) is 4.90 Å². The highest BCUT2D eigenvalue weighted by Gasteiger charge is 2.33. The predicted molar refractivity (Wildman–Crippen MR) is 88.8 cm³/mol. The van der Waals surface area contributed by atoms with E-state index < -0.39 is 10.0 Å². The summed E-state index contributed by atoms with van der Waals surface area (Å²) in [6.07, 6.45) is 6.27. The summed E-state index contributed by atoms with van der Waals surface area (Å²) in [6.45, 7) is 5.00. The van der Waals surface area contributed by atoms with Gasteiger partial charge in [0.05, 0.1) is 6.26 Å². The number of hydrogen-bond acceptors (Lipinski definition) is 4. The molecule has 3 rings (SSSR count). The summed E-state index contributed by atoms with van der Waals surface area (Å²) in [5, 5.41) is 3.09. The molecular weight excluding hydrogens is 316 g/mol.